The zero-order chi connectivity index (χ0) is 18.5. The molecule has 138 valence electrons. The van der Waals surface area contributed by atoms with Crippen molar-refractivity contribution < 1.29 is 23.9 Å². The predicted octanol–water partition coefficient (Wildman–Crippen LogP) is 2.18. The van der Waals surface area contributed by atoms with Crippen molar-refractivity contribution in [2.24, 2.45) is 11.3 Å². The Morgan fingerprint density at radius 1 is 1.15 bits per heavy atom. The van der Waals surface area contributed by atoms with Gasteiger partial charge in [0, 0.05) is 18.0 Å². The number of nitrogens with one attached hydrogen (secondary N) is 1. The minimum atomic E-state index is -1.41. The lowest BCUT2D eigenvalue weighted by atomic mass is 9.78. The molecule has 1 spiro atoms. The average molecular weight is 357 g/mol. The number of Topliss-reactive ketones (excluding diaryl/α,β-unsaturated/α-hetero) is 1. The van der Waals surface area contributed by atoms with E-state index in [1.807, 2.05) is 24.3 Å². The summed E-state index contributed by atoms with van der Waals surface area (Å²) in [4.78, 5) is 38.9. The van der Waals surface area contributed by atoms with Gasteiger partial charge in [-0.25, -0.2) is 0 Å². The Labute approximate surface area is 152 Å². The molecule has 1 saturated heterocycles. The first-order valence-corrected chi connectivity index (χ1v) is 9.24. The van der Waals surface area contributed by atoms with Gasteiger partial charge in [0.05, 0.1) is 18.8 Å². The highest BCUT2D eigenvalue weighted by molar-refractivity contribution is 6.10. The summed E-state index contributed by atoms with van der Waals surface area (Å²) in [7, 11) is 0. The Balaban J connectivity index is 1.76. The normalized spacial score (nSPS) is 30.5. The van der Waals surface area contributed by atoms with E-state index in [0.717, 1.165) is 12.0 Å². The summed E-state index contributed by atoms with van der Waals surface area (Å²) in [6, 6.07) is 7.68. The third-order valence-corrected chi connectivity index (χ3v) is 6.14. The summed E-state index contributed by atoms with van der Waals surface area (Å²) in [6.07, 6.45) is 1.11. The second-order valence-electron chi connectivity index (χ2n) is 7.42. The summed E-state index contributed by atoms with van der Waals surface area (Å²) in [5.74, 6) is -1.27. The Morgan fingerprint density at radius 3 is 2.46 bits per heavy atom. The lowest BCUT2D eigenvalue weighted by Gasteiger charge is -2.35. The van der Waals surface area contributed by atoms with Crippen LogP contribution in [0.15, 0.2) is 24.3 Å². The van der Waals surface area contributed by atoms with Crippen molar-refractivity contribution in [2.75, 3.05) is 13.2 Å². The summed E-state index contributed by atoms with van der Waals surface area (Å²) < 4.78 is 10.4. The number of benzene rings is 1. The summed E-state index contributed by atoms with van der Waals surface area (Å²) in [5.41, 5.74) is -0.590. The Kier molecular flexibility index (Phi) is 3.91. The van der Waals surface area contributed by atoms with Crippen LogP contribution in [0.2, 0.25) is 0 Å². The van der Waals surface area contributed by atoms with Crippen LogP contribution in [-0.4, -0.2) is 36.5 Å². The minimum Gasteiger partial charge on any atom is -0.465 e. The quantitative estimate of drug-likeness (QED) is 0.657. The van der Waals surface area contributed by atoms with Crippen LogP contribution in [0.1, 0.15) is 55.1 Å². The second kappa shape index (κ2) is 5.91. The monoisotopic (exact) mass is 357 g/mol. The van der Waals surface area contributed by atoms with Gasteiger partial charge >= 0.3 is 11.9 Å². The number of carbonyl (C=O) groups excluding carboxylic acids is 3. The number of fused-ring (bicyclic) bond motifs is 3. The van der Waals surface area contributed by atoms with E-state index in [-0.39, 0.29) is 43.8 Å². The van der Waals surface area contributed by atoms with E-state index in [1.54, 1.807) is 13.8 Å². The van der Waals surface area contributed by atoms with Gasteiger partial charge in [-0.1, -0.05) is 24.3 Å². The Hall–Kier alpha value is -2.21. The first kappa shape index (κ1) is 17.2. The molecule has 2 aliphatic heterocycles. The molecule has 1 aromatic rings. The van der Waals surface area contributed by atoms with Gasteiger partial charge in [0.1, 0.15) is 0 Å². The molecule has 0 amide bonds. The number of rotatable bonds is 4. The molecular formula is C20H23NO5. The number of hydrogen-bond acceptors (Lipinski definition) is 6. The number of carbonyl (C=O) groups is 3. The maximum Gasteiger partial charge on any atom is 0.323 e. The maximum atomic E-state index is 13.4. The fourth-order valence-electron chi connectivity index (χ4n) is 5.11. The molecule has 0 aromatic heterocycles. The minimum absolute atomic E-state index is 0.0256. The molecule has 1 N–H and O–H groups in total. The van der Waals surface area contributed by atoms with E-state index in [2.05, 4.69) is 5.32 Å². The molecule has 4 rings (SSSR count). The van der Waals surface area contributed by atoms with E-state index in [0.29, 0.717) is 5.56 Å². The zero-order valence-electron chi connectivity index (χ0n) is 15.0. The summed E-state index contributed by atoms with van der Waals surface area (Å²) in [6.45, 7) is 3.79. The molecule has 1 aromatic carbocycles. The van der Waals surface area contributed by atoms with Gasteiger partial charge < -0.3 is 9.47 Å². The third kappa shape index (κ3) is 2.11. The van der Waals surface area contributed by atoms with Gasteiger partial charge in [-0.15, -0.1) is 0 Å². The van der Waals surface area contributed by atoms with Crippen molar-refractivity contribution in [3.63, 3.8) is 0 Å². The lowest BCUT2D eigenvalue weighted by Crippen LogP contribution is -2.54. The topological polar surface area (TPSA) is 81.7 Å². The highest BCUT2D eigenvalue weighted by atomic mass is 16.6. The second-order valence-corrected chi connectivity index (χ2v) is 7.42. The van der Waals surface area contributed by atoms with Crippen LogP contribution in [0.5, 0.6) is 0 Å². The van der Waals surface area contributed by atoms with Crippen LogP contribution in [0, 0.1) is 11.3 Å². The van der Waals surface area contributed by atoms with Gasteiger partial charge in [0.25, 0.3) is 0 Å². The zero-order valence-corrected chi connectivity index (χ0v) is 15.0. The van der Waals surface area contributed by atoms with Crippen LogP contribution in [0.4, 0.5) is 0 Å². The van der Waals surface area contributed by atoms with Crippen molar-refractivity contribution in [2.45, 2.75) is 44.7 Å². The first-order chi connectivity index (χ1) is 12.5. The molecule has 3 aliphatic rings. The van der Waals surface area contributed by atoms with Crippen molar-refractivity contribution in [1.29, 1.82) is 0 Å². The molecule has 2 heterocycles. The molecule has 2 bridgehead atoms. The van der Waals surface area contributed by atoms with E-state index < -0.39 is 22.9 Å². The number of esters is 2. The number of ketones is 1. The van der Waals surface area contributed by atoms with Gasteiger partial charge in [-0.2, -0.15) is 0 Å². The third-order valence-electron chi connectivity index (χ3n) is 6.14. The summed E-state index contributed by atoms with van der Waals surface area (Å²) in [5, 5.41) is 3.46. The molecule has 0 unspecified atom stereocenters. The number of ether oxygens (including phenoxy) is 2. The van der Waals surface area contributed by atoms with Crippen LogP contribution in [0.25, 0.3) is 0 Å². The highest BCUT2D eigenvalue weighted by Crippen LogP contribution is 2.59. The predicted molar refractivity (Wildman–Crippen MR) is 92.4 cm³/mol. The van der Waals surface area contributed by atoms with Crippen molar-refractivity contribution >= 4 is 17.7 Å². The Morgan fingerprint density at radius 2 is 1.81 bits per heavy atom. The van der Waals surface area contributed by atoms with Crippen molar-refractivity contribution in [3.8, 4) is 0 Å². The van der Waals surface area contributed by atoms with Crippen LogP contribution < -0.4 is 5.32 Å². The van der Waals surface area contributed by atoms with Crippen LogP contribution in [-0.2, 0) is 19.1 Å². The van der Waals surface area contributed by atoms with Gasteiger partial charge in [-0.3, -0.25) is 19.7 Å². The molecule has 3 atom stereocenters. The molecule has 0 radical (unpaired) electrons. The fourth-order valence-corrected chi connectivity index (χ4v) is 5.11. The number of hydrogen-bond donors (Lipinski definition) is 1. The molecular weight excluding hydrogens is 334 g/mol. The average Bonchev–Trinajstić information content (AvgIpc) is 3.12. The maximum absolute atomic E-state index is 13.4. The standard InChI is InChI=1S/C20H23NO5/c1-3-25-17(23)19(18(24)26-4-2)10-12-9-15-13-7-5-6-8-14(13)16(22)20(12,11-19)21-15/h5-8,12,15,21H,3-4,9-11H2,1-2H3/t12-,15-,20+/m0/s1. The molecule has 1 saturated carbocycles. The Bertz CT molecular complexity index is 770. The SMILES string of the molecule is CCOC(=O)C1(C(=O)OCC)C[C@@H]2C[C@@H]3N[C@@]2(C1)C(=O)c1ccccc13. The van der Waals surface area contributed by atoms with Crippen molar-refractivity contribution in [1.82, 2.24) is 5.32 Å². The summed E-state index contributed by atoms with van der Waals surface area (Å²) >= 11 is 0. The largest absolute Gasteiger partial charge is 0.465 e. The lowest BCUT2D eigenvalue weighted by molar-refractivity contribution is -0.172. The molecule has 6 nitrogen and oxygen atoms in total. The van der Waals surface area contributed by atoms with Gasteiger partial charge in [-0.05, 0) is 38.2 Å². The molecule has 26 heavy (non-hydrogen) atoms. The van der Waals surface area contributed by atoms with Crippen LogP contribution in [0.3, 0.4) is 0 Å². The van der Waals surface area contributed by atoms with E-state index in [4.69, 9.17) is 9.47 Å². The van der Waals surface area contributed by atoms with Crippen molar-refractivity contribution in [3.05, 3.63) is 35.4 Å². The molecule has 1 aliphatic carbocycles. The molecule has 6 heteroatoms. The smallest absolute Gasteiger partial charge is 0.323 e. The molecule has 2 fully saturated rings. The fraction of sp³-hybridized carbons (Fsp3) is 0.550. The first-order valence-electron chi connectivity index (χ1n) is 9.24. The van der Waals surface area contributed by atoms with Gasteiger partial charge in [0.15, 0.2) is 11.2 Å². The van der Waals surface area contributed by atoms with E-state index >= 15 is 0 Å². The van der Waals surface area contributed by atoms with E-state index in [9.17, 15) is 14.4 Å². The van der Waals surface area contributed by atoms with Crippen LogP contribution >= 0.6 is 0 Å². The van der Waals surface area contributed by atoms with Gasteiger partial charge in [0.2, 0.25) is 0 Å². The highest BCUT2D eigenvalue weighted by Gasteiger charge is 2.70. The van der Waals surface area contributed by atoms with E-state index in [1.165, 1.54) is 0 Å².